The number of carbonyl (C=O) groups excluding carboxylic acids is 1. The average molecular weight is 393 g/mol. The first-order chi connectivity index (χ1) is 12.7. The number of hydrogen-bond acceptors (Lipinski definition) is 6. The van der Waals surface area contributed by atoms with Gasteiger partial charge >= 0.3 is 0 Å². The van der Waals surface area contributed by atoms with Crippen LogP contribution < -0.4 is 10.6 Å². The van der Waals surface area contributed by atoms with Crippen molar-refractivity contribution in [3.8, 4) is 0 Å². The fourth-order valence-corrected chi connectivity index (χ4v) is 5.73. The van der Waals surface area contributed by atoms with E-state index in [1.54, 1.807) is 29.3 Å². The third kappa shape index (κ3) is 3.55. The van der Waals surface area contributed by atoms with Gasteiger partial charge < -0.3 is 19.9 Å². The van der Waals surface area contributed by atoms with Crippen molar-refractivity contribution in [3.63, 3.8) is 0 Å². The first-order valence-electron chi connectivity index (χ1n) is 9.04. The first-order valence-corrected chi connectivity index (χ1v) is 10.8. The number of fused-ring (bicyclic) bond motifs is 2. The molecule has 8 heteroatoms. The van der Waals surface area contributed by atoms with E-state index in [1.165, 1.54) is 10.4 Å². The standard InChI is InChI=1S/C18H24N4O2S2/c1-22-9-7-21-17(22)25-11-8-20-16(23)14-12-13-2-10-24-18(15(13)26-14)3-5-19-6-4-18/h7,9,12,19H,2-6,8,10-11H2,1H3,(H,20,23). The number of ether oxygens (including phenoxy) is 1. The van der Waals surface area contributed by atoms with Crippen molar-refractivity contribution in [3.05, 3.63) is 33.8 Å². The van der Waals surface area contributed by atoms with Crippen LogP contribution in [0.1, 0.15) is 33.0 Å². The highest BCUT2D eigenvalue weighted by atomic mass is 32.2. The monoisotopic (exact) mass is 392 g/mol. The highest BCUT2D eigenvalue weighted by Crippen LogP contribution is 2.44. The van der Waals surface area contributed by atoms with Gasteiger partial charge in [0.2, 0.25) is 0 Å². The summed E-state index contributed by atoms with van der Waals surface area (Å²) in [6, 6.07) is 2.08. The normalized spacial score (nSPS) is 18.7. The number of nitrogens with zero attached hydrogens (tertiary/aromatic N) is 2. The number of imidazole rings is 1. The molecule has 4 rings (SSSR count). The minimum absolute atomic E-state index is 0.0222. The van der Waals surface area contributed by atoms with Crippen molar-refractivity contribution in [1.82, 2.24) is 20.2 Å². The molecule has 1 amide bonds. The lowest BCUT2D eigenvalue weighted by Crippen LogP contribution is -2.43. The number of aromatic nitrogens is 2. The molecule has 0 aromatic carbocycles. The number of aryl methyl sites for hydroxylation is 1. The van der Waals surface area contributed by atoms with Gasteiger partial charge in [-0.05, 0) is 44.0 Å². The fourth-order valence-electron chi connectivity index (χ4n) is 3.62. The number of thioether (sulfide) groups is 1. The Bertz CT molecular complexity index is 780. The zero-order valence-electron chi connectivity index (χ0n) is 14.9. The van der Waals surface area contributed by atoms with Crippen molar-refractivity contribution >= 4 is 29.0 Å². The molecular weight excluding hydrogens is 368 g/mol. The van der Waals surface area contributed by atoms with Crippen LogP contribution in [0.3, 0.4) is 0 Å². The Balaban J connectivity index is 1.37. The summed E-state index contributed by atoms with van der Waals surface area (Å²) >= 11 is 3.27. The van der Waals surface area contributed by atoms with Gasteiger partial charge in [-0.25, -0.2) is 4.98 Å². The molecule has 0 atom stereocenters. The molecule has 1 saturated heterocycles. The number of amides is 1. The van der Waals surface area contributed by atoms with Crippen molar-refractivity contribution in [2.45, 2.75) is 30.0 Å². The molecule has 0 saturated carbocycles. The maximum Gasteiger partial charge on any atom is 0.261 e. The van der Waals surface area contributed by atoms with E-state index in [0.29, 0.717) is 6.54 Å². The van der Waals surface area contributed by atoms with Gasteiger partial charge in [0, 0.05) is 36.6 Å². The van der Waals surface area contributed by atoms with Crippen LogP contribution >= 0.6 is 23.1 Å². The van der Waals surface area contributed by atoms with Gasteiger partial charge in [0.25, 0.3) is 5.91 Å². The Morgan fingerprint density at radius 1 is 1.50 bits per heavy atom. The van der Waals surface area contributed by atoms with Crippen LogP contribution in [0.4, 0.5) is 0 Å². The summed E-state index contributed by atoms with van der Waals surface area (Å²) < 4.78 is 8.19. The summed E-state index contributed by atoms with van der Waals surface area (Å²) in [6.07, 6.45) is 6.60. The van der Waals surface area contributed by atoms with Gasteiger partial charge in [-0.2, -0.15) is 0 Å². The number of thiophene rings is 1. The summed E-state index contributed by atoms with van der Waals surface area (Å²) in [5.41, 5.74) is 1.13. The molecule has 0 bridgehead atoms. The molecule has 2 aliphatic rings. The molecule has 2 N–H and O–H groups in total. The first kappa shape index (κ1) is 18.0. The molecule has 1 fully saturated rings. The minimum atomic E-state index is -0.171. The lowest BCUT2D eigenvalue weighted by Gasteiger charge is -2.40. The van der Waals surface area contributed by atoms with Crippen molar-refractivity contribution in [1.29, 1.82) is 0 Å². The summed E-state index contributed by atoms with van der Waals surface area (Å²) in [6.45, 7) is 3.34. The number of hydrogen-bond donors (Lipinski definition) is 2. The molecule has 6 nitrogen and oxygen atoms in total. The van der Waals surface area contributed by atoms with E-state index in [0.717, 1.165) is 54.7 Å². The minimum Gasteiger partial charge on any atom is -0.369 e. The van der Waals surface area contributed by atoms with Crippen molar-refractivity contribution < 1.29 is 9.53 Å². The molecule has 2 aromatic rings. The molecule has 0 aliphatic carbocycles. The molecular formula is C18H24N4O2S2. The predicted molar refractivity (Wildman–Crippen MR) is 104 cm³/mol. The Hall–Kier alpha value is -1.35. The highest BCUT2D eigenvalue weighted by Gasteiger charge is 2.41. The van der Waals surface area contributed by atoms with Gasteiger partial charge in [0.05, 0.1) is 11.5 Å². The second-order valence-corrected chi connectivity index (χ2v) is 8.85. The molecule has 140 valence electrons. The van der Waals surface area contributed by atoms with Gasteiger partial charge in [-0.15, -0.1) is 11.3 Å². The smallest absolute Gasteiger partial charge is 0.261 e. The van der Waals surface area contributed by atoms with E-state index in [-0.39, 0.29) is 11.5 Å². The Morgan fingerprint density at radius 3 is 3.12 bits per heavy atom. The molecule has 0 radical (unpaired) electrons. The fraction of sp³-hybridized carbons (Fsp3) is 0.556. The molecule has 1 spiro atoms. The Morgan fingerprint density at radius 2 is 2.35 bits per heavy atom. The number of rotatable bonds is 5. The van der Waals surface area contributed by atoms with E-state index in [4.69, 9.17) is 4.74 Å². The third-order valence-electron chi connectivity index (χ3n) is 5.00. The average Bonchev–Trinajstić information content (AvgIpc) is 3.27. The molecule has 4 heterocycles. The highest BCUT2D eigenvalue weighted by molar-refractivity contribution is 7.99. The second-order valence-electron chi connectivity index (χ2n) is 6.73. The van der Waals surface area contributed by atoms with Crippen LogP contribution in [-0.2, 0) is 23.8 Å². The van der Waals surface area contributed by atoms with Crippen LogP contribution in [-0.4, -0.2) is 47.5 Å². The van der Waals surface area contributed by atoms with E-state index in [9.17, 15) is 4.79 Å². The van der Waals surface area contributed by atoms with Gasteiger partial charge in [-0.1, -0.05) is 11.8 Å². The Kier molecular flexibility index (Phi) is 5.35. The molecule has 2 aromatic heterocycles. The van der Waals surface area contributed by atoms with Gasteiger partial charge in [-0.3, -0.25) is 4.79 Å². The van der Waals surface area contributed by atoms with Crippen LogP contribution in [0, 0.1) is 0 Å². The lowest BCUT2D eigenvalue weighted by molar-refractivity contribution is -0.0771. The van der Waals surface area contributed by atoms with Gasteiger partial charge in [0.15, 0.2) is 5.16 Å². The van der Waals surface area contributed by atoms with E-state index < -0.39 is 0 Å². The number of nitrogens with one attached hydrogen (secondary N) is 2. The van der Waals surface area contributed by atoms with Crippen molar-refractivity contribution in [2.75, 3.05) is 32.0 Å². The number of piperidine rings is 1. The summed E-state index contributed by atoms with van der Waals surface area (Å²) in [4.78, 5) is 18.9. The molecule has 2 aliphatic heterocycles. The van der Waals surface area contributed by atoms with E-state index in [1.807, 2.05) is 17.8 Å². The van der Waals surface area contributed by atoms with Crippen LogP contribution in [0.2, 0.25) is 0 Å². The maximum absolute atomic E-state index is 12.6. The van der Waals surface area contributed by atoms with E-state index in [2.05, 4.69) is 21.7 Å². The quantitative estimate of drug-likeness (QED) is 0.603. The van der Waals surface area contributed by atoms with Crippen LogP contribution in [0.25, 0.3) is 0 Å². The Labute approximate surface area is 161 Å². The number of carbonyl (C=O) groups is 1. The maximum atomic E-state index is 12.6. The second kappa shape index (κ2) is 7.72. The summed E-state index contributed by atoms with van der Waals surface area (Å²) in [5.74, 6) is 0.828. The van der Waals surface area contributed by atoms with Crippen LogP contribution in [0.15, 0.2) is 23.6 Å². The van der Waals surface area contributed by atoms with Gasteiger partial charge in [0.1, 0.15) is 5.60 Å². The predicted octanol–water partition coefficient (Wildman–Crippen LogP) is 2.16. The molecule has 26 heavy (non-hydrogen) atoms. The lowest BCUT2D eigenvalue weighted by atomic mass is 9.86. The zero-order chi connectivity index (χ0) is 18.0. The largest absolute Gasteiger partial charge is 0.369 e. The molecule has 0 unspecified atom stereocenters. The van der Waals surface area contributed by atoms with E-state index >= 15 is 0 Å². The van der Waals surface area contributed by atoms with Crippen LogP contribution in [0.5, 0.6) is 0 Å². The third-order valence-corrected chi connectivity index (χ3v) is 7.42. The summed E-state index contributed by atoms with van der Waals surface area (Å²) in [5, 5.41) is 7.41. The van der Waals surface area contributed by atoms with Crippen molar-refractivity contribution in [2.24, 2.45) is 7.05 Å². The zero-order valence-corrected chi connectivity index (χ0v) is 16.5. The summed E-state index contributed by atoms with van der Waals surface area (Å²) in [7, 11) is 1.97. The SMILES string of the molecule is Cn1ccnc1SCCNC(=O)c1cc2c(s1)C1(CCNCC1)OCC2. The topological polar surface area (TPSA) is 68.2 Å².